The van der Waals surface area contributed by atoms with Crippen molar-refractivity contribution in [2.45, 2.75) is 6.92 Å². The van der Waals surface area contributed by atoms with Gasteiger partial charge in [-0.3, -0.25) is 0 Å². The first kappa shape index (κ1) is 11.4. The van der Waals surface area contributed by atoms with Gasteiger partial charge < -0.3 is 10.7 Å². The van der Waals surface area contributed by atoms with Crippen molar-refractivity contribution in [3.63, 3.8) is 0 Å². The first-order valence-corrected chi connectivity index (χ1v) is 7.13. The van der Waals surface area contributed by atoms with Gasteiger partial charge in [0.25, 0.3) is 0 Å². The van der Waals surface area contributed by atoms with Gasteiger partial charge >= 0.3 is 0 Å². The molecular weight excluding hydrogens is 268 g/mol. The molecule has 0 aliphatic rings. The number of thiazole rings is 1. The van der Waals surface area contributed by atoms with Gasteiger partial charge in [-0.2, -0.15) is 0 Å². The average molecular weight is 280 g/mol. The molecule has 0 aliphatic carbocycles. The standard InChI is InChI=1S/C15H12N4S/c1-8-18-12-6-9(2-3-13(12)20-8)11-7-14(16)19-15-10(11)4-5-17-15/h2-7H,1H3,(H3,16,17,19). The minimum absolute atomic E-state index is 0.518. The molecule has 0 fully saturated rings. The van der Waals surface area contributed by atoms with Gasteiger partial charge in [0.05, 0.1) is 15.2 Å². The minimum atomic E-state index is 0.518. The van der Waals surface area contributed by atoms with Crippen molar-refractivity contribution in [1.82, 2.24) is 15.0 Å². The maximum absolute atomic E-state index is 5.89. The number of hydrogen-bond donors (Lipinski definition) is 2. The number of aryl methyl sites for hydroxylation is 1. The summed E-state index contributed by atoms with van der Waals surface area (Å²) in [6.07, 6.45) is 1.88. The highest BCUT2D eigenvalue weighted by molar-refractivity contribution is 7.18. The first-order chi connectivity index (χ1) is 9.70. The molecule has 4 rings (SSSR count). The molecule has 4 aromatic rings. The van der Waals surface area contributed by atoms with Gasteiger partial charge in [-0.05, 0) is 42.3 Å². The van der Waals surface area contributed by atoms with E-state index in [1.807, 2.05) is 25.3 Å². The van der Waals surface area contributed by atoms with Gasteiger partial charge in [-0.15, -0.1) is 11.3 Å². The highest BCUT2D eigenvalue weighted by atomic mass is 32.1. The Labute approximate surface area is 119 Å². The number of anilines is 1. The zero-order valence-electron chi connectivity index (χ0n) is 10.8. The summed E-state index contributed by atoms with van der Waals surface area (Å²) in [6.45, 7) is 2.03. The topological polar surface area (TPSA) is 67.6 Å². The molecule has 0 saturated carbocycles. The summed E-state index contributed by atoms with van der Waals surface area (Å²) in [5.74, 6) is 0.518. The average Bonchev–Trinajstić information content (AvgIpc) is 3.01. The molecule has 3 aromatic heterocycles. The third-order valence-corrected chi connectivity index (χ3v) is 4.31. The van der Waals surface area contributed by atoms with E-state index in [9.17, 15) is 0 Å². The van der Waals surface area contributed by atoms with Crippen LogP contribution in [0.1, 0.15) is 5.01 Å². The predicted molar refractivity (Wildman–Crippen MR) is 83.9 cm³/mol. The number of fused-ring (bicyclic) bond motifs is 2. The summed E-state index contributed by atoms with van der Waals surface area (Å²) in [4.78, 5) is 12.0. The van der Waals surface area contributed by atoms with E-state index >= 15 is 0 Å². The number of aromatic nitrogens is 3. The molecule has 1 aromatic carbocycles. The predicted octanol–water partition coefficient (Wildman–Crippen LogP) is 3.73. The molecular formula is C15H12N4S. The molecule has 98 valence electrons. The van der Waals surface area contributed by atoms with E-state index in [-0.39, 0.29) is 0 Å². The number of aromatic amines is 1. The van der Waals surface area contributed by atoms with E-state index in [2.05, 4.69) is 33.2 Å². The maximum atomic E-state index is 5.89. The summed E-state index contributed by atoms with van der Waals surface area (Å²) in [6, 6.07) is 10.3. The highest BCUT2D eigenvalue weighted by Gasteiger charge is 2.09. The second-order valence-corrected chi connectivity index (χ2v) is 5.98. The number of nitrogen functional groups attached to an aromatic ring is 1. The summed E-state index contributed by atoms with van der Waals surface area (Å²) in [5.41, 5.74) is 9.94. The fourth-order valence-electron chi connectivity index (χ4n) is 2.51. The van der Waals surface area contributed by atoms with Crippen LogP contribution in [0.15, 0.2) is 36.5 Å². The van der Waals surface area contributed by atoms with Crippen molar-refractivity contribution in [2.24, 2.45) is 0 Å². The van der Waals surface area contributed by atoms with Crippen molar-refractivity contribution >= 4 is 38.4 Å². The lowest BCUT2D eigenvalue weighted by Gasteiger charge is -2.05. The maximum Gasteiger partial charge on any atom is 0.140 e. The quantitative estimate of drug-likeness (QED) is 0.558. The first-order valence-electron chi connectivity index (χ1n) is 6.32. The van der Waals surface area contributed by atoms with Gasteiger partial charge in [0, 0.05) is 11.6 Å². The highest BCUT2D eigenvalue weighted by Crippen LogP contribution is 2.32. The Morgan fingerprint density at radius 2 is 2.05 bits per heavy atom. The van der Waals surface area contributed by atoms with E-state index < -0.39 is 0 Å². The summed E-state index contributed by atoms with van der Waals surface area (Å²) >= 11 is 1.71. The number of nitrogens with one attached hydrogen (secondary N) is 1. The van der Waals surface area contributed by atoms with E-state index in [0.717, 1.165) is 32.7 Å². The van der Waals surface area contributed by atoms with Crippen LogP contribution in [0, 0.1) is 6.92 Å². The Bertz CT molecular complexity index is 936. The van der Waals surface area contributed by atoms with E-state index in [0.29, 0.717) is 5.82 Å². The van der Waals surface area contributed by atoms with Crippen LogP contribution in [0.25, 0.3) is 32.4 Å². The van der Waals surface area contributed by atoms with Crippen molar-refractivity contribution < 1.29 is 0 Å². The number of nitrogens with two attached hydrogens (primary N) is 1. The van der Waals surface area contributed by atoms with Crippen molar-refractivity contribution in [3.05, 3.63) is 41.5 Å². The van der Waals surface area contributed by atoms with E-state index in [1.165, 1.54) is 4.70 Å². The van der Waals surface area contributed by atoms with Crippen LogP contribution in [0.3, 0.4) is 0 Å². The molecule has 0 atom stereocenters. The minimum Gasteiger partial charge on any atom is -0.384 e. The van der Waals surface area contributed by atoms with Crippen molar-refractivity contribution in [1.29, 1.82) is 0 Å². The number of rotatable bonds is 1. The Hall–Kier alpha value is -2.40. The molecule has 20 heavy (non-hydrogen) atoms. The Morgan fingerprint density at radius 1 is 1.15 bits per heavy atom. The molecule has 0 aliphatic heterocycles. The van der Waals surface area contributed by atoms with Crippen LogP contribution in [0.5, 0.6) is 0 Å². The molecule has 0 radical (unpaired) electrons. The van der Waals surface area contributed by atoms with Gasteiger partial charge in [0.1, 0.15) is 11.5 Å². The lowest BCUT2D eigenvalue weighted by molar-refractivity contribution is 1.33. The van der Waals surface area contributed by atoms with Crippen LogP contribution < -0.4 is 5.73 Å². The molecule has 0 spiro atoms. The number of pyridine rings is 1. The Morgan fingerprint density at radius 3 is 2.95 bits per heavy atom. The molecule has 0 amide bonds. The molecule has 0 bridgehead atoms. The Balaban J connectivity index is 2.02. The second kappa shape index (κ2) is 4.05. The van der Waals surface area contributed by atoms with Gasteiger partial charge in [0.2, 0.25) is 0 Å². The van der Waals surface area contributed by atoms with Crippen LogP contribution in [0.2, 0.25) is 0 Å². The molecule has 5 heteroatoms. The summed E-state index contributed by atoms with van der Waals surface area (Å²) in [5, 5.41) is 2.16. The number of benzene rings is 1. The largest absolute Gasteiger partial charge is 0.384 e. The van der Waals surface area contributed by atoms with E-state index in [1.54, 1.807) is 11.3 Å². The van der Waals surface area contributed by atoms with Crippen LogP contribution in [-0.4, -0.2) is 15.0 Å². The lowest BCUT2D eigenvalue weighted by Crippen LogP contribution is -1.92. The molecule has 3 N–H and O–H groups in total. The number of hydrogen-bond acceptors (Lipinski definition) is 4. The zero-order chi connectivity index (χ0) is 13.7. The van der Waals surface area contributed by atoms with Gasteiger partial charge in [0.15, 0.2) is 0 Å². The van der Waals surface area contributed by atoms with Gasteiger partial charge in [-0.1, -0.05) is 6.07 Å². The van der Waals surface area contributed by atoms with Crippen LogP contribution in [0.4, 0.5) is 5.82 Å². The van der Waals surface area contributed by atoms with Crippen molar-refractivity contribution in [2.75, 3.05) is 5.73 Å². The second-order valence-electron chi connectivity index (χ2n) is 4.75. The lowest BCUT2D eigenvalue weighted by atomic mass is 10.0. The van der Waals surface area contributed by atoms with Crippen LogP contribution >= 0.6 is 11.3 Å². The zero-order valence-corrected chi connectivity index (χ0v) is 11.7. The normalized spacial score (nSPS) is 11.4. The molecule has 4 nitrogen and oxygen atoms in total. The third-order valence-electron chi connectivity index (χ3n) is 3.35. The van der Waals surface area contributed by atoms with Crippen molar-refractivity contribution in [3.8, 4) is 11.1 Å². The molecule has 0 unspecified atom stereocenters. The SMILES string of the molecule is Cc1nc2cc(-c3cc(N)nc4[nH]ccc34)ccc2s1. The summed E-state index contributed by atoms with van der Waals surface area (Å²) in [7, 11) is 0. The summed E-state index contributed by atoms with van der Waals surface area (Å²) < 4.78 is 1.21. The van der Waals surface area contributed by atoms with Crippen LogP contribution in [-0.2, 0) is 0 Å². The fraction of sp³-hybridized carbons (Fsp3) is 0.0667. The van der Waals surface area contributed by atoms with E-state index in [4.69, 9.17) is 5.73 Å². The smallest absolute Gasteiger partial charge is 0.140 e. The third kappa shape index (κ3) is 1.67. The van der Waals surface area contributed by atoms with Gasteiger partial charge in [-0.25, -0.2) is 9.97 Å². The fourth-order valence-corrected chi connectivity index (χ4v) is 3.31. The number of nitrogens with zero attached hydrogens (tertiary/aromatic N) is 2. The molecule has 3 heterocycles. The monoisotopic (exact) mass is 280 g/mol. The molecule has 0 saturated heterocycles. The Kier molecular flexibility index (Phi) is 2.31. The number of H-pyrrole nitrogens is 1.